The average molecular weight is 325 g/mol. The van der Waals surface area contributed by atoms with Crippen LogP contribution in [0.25, 0.3) is 30.9 Å². The van der Waals surface area contributed by atoms with Gasteiger partial charge in [0.1, 0.15) is 0 Å². The molecule has 22 heavy (non-hydrogen) atoms. The van der Waals surface area contributed by atoms with Gasteiger partial charge in [0.25, 0.3) is 0 Å². The number of thiophene rings is 2. The molecule has 0 unspecified atom stereocenters. The van der Waals surface area contributed by atoms with Crippen LogP contribution in [0.2, 0.25) is 0 Å². The predicted molar refractivity (Wildman–Crippen MR) is 103 cm³/mol. The van der Waals surface area contributed by atoms with Crippen LogP contribution in [-0.4, -0.2) is 0 Å². The van der Waals surface area contributed by atoms with Crippen molar-refractivity contribution >= 4 is 53.6 Å². The van der Waals surface area contributed by atoms with Gasteiger partial charge in [-0.15, -0.1) is 22.7 Å². The number of hydrogen-bond donors (Lipinski definition) is 0. The van der Waals surface area contributed by atoms with E-state index in [2.05, 4.69) is 53.7 Å². The SMILES string of the molecule is Cc1cc2c(C)c(C)c3c4sc(C)cc4c(C)c(C)c3c2s1. The lowest BCUT2D eigenvalue weighted by Crippen LogP contribution is -1.91. The Hall–Kier alpha value is -1.38. The Bertz CT molecular complexity index is 987. The molecule has 4 rings (SSSR count). The third-order valence-corrected chi connectivity index (χ3v) is 7.23. The predicted octanol–water partition coefficient (Wildman–Crippen LogP) is 7.12. The highest BCUT2D eigenvalue weighted by Crippen LogP contribution is 2.45. The van der Waals surface area contributed by atoms with Gasteiger partial charge in [-0.05, 0) is 86.7 Å². The van der Waals surface area contributed by atoms with Crippen molar-refractivity contribution < 1.29 is 0 Å². The van der Waals surface area contributed by atoms with Crippen LogP contribution in [0.1, 0.15) is 32.0 Å². The number of hydrogen-bond acceptors (Lipinski definition) is 2. The van der Waals surface area contributed by atoms with E-state index in [1.165, 1.54) is 63.0 Å². The monoisotopic (exact) mass is 324 g/mol. The summed E-state index contributed by atoms with van der Waals surface area (Å²) in [4.78, 5) is 2.81. The molecule has 0 atom stereocenters. The fourth-order valence-electron chi connectivity index (χ4n) is 3.68. The molecule has 0 aliphatic heterocycles. The van der Waals surface area contributed by atoms with E-state index < -0.39 is 0 Å². The van der Waals surface area contributed by atoms with Gasteiger partial charge in [0.05, 0.1) is 0 Å². The van der Waals surface area contributed by atoms with Crippen molar-refractivity contribution in [2.45, 2.75) is 41.5 Å². The number of benzene rings is 2. The summed E-state index contributed by atoms with van der Waals surface area (Å²) in [7, 11) is 0. The summed E-state index contributed by atoms with van der Waals surface area (Å²) in [6.07, 6.45) is 0. The summed E-state index contributed by atoms with van der Waals surface area (Å²) < 4.78 is 2.95. The molecule has 0 nitrogen and oxygen atoms in total. The van der Waals surface area contributed by atoms with Crippen molar-refractivity contribution in [1.82, 2.24) is 0 Å². The van der Waals surface area contributed by atoms with E-state index in [-0.39, 0.29) is 0 Å². The van der Waals surface area contributed by atoms with Gasteiger partial charge in [-0.2, -0.15) is 0 Å². The third-order valence-electron chi connectivity index (χ3n) is 5.10. The van der Waals surface area contributed by atoms with Gasteiger partial charge in [0, 0.05) is 29.9 Å². The first kappa shape index (κ1) is 14.2. The highest BCUT2D eigenvalue weighted by atomic mass is 32.1. The highest BCUT2D eigenvalue weighted by Gasteiger charge is 2.18. The van der Waals surface area contributed by atoms with Gasteiger partial charge >= 0.3 is 0 Å². The fourth-order valence-corrected chi connectivity index (χ4v) is 6.03. The first-order valence-corrected chi connectivity index (χ1v) is 9.35. The van der Waals surface area contributed by atoms with E-state index in [1.807, 2.05) is 22.7 Å². The van der Waals surface area contributed by atoms with Crippen LogP contribution in [-0.2, 0) is 0 Å². The van der Waals surface area contributed by atoms with Crippen LogP contribution in [0.15, 0.2) is 12.1 Å². The molecule has 0 saturated heterocycles. The molecular weight excluding hydrogens is 304 g/mol. The first-order valence-electron chi connectivity index (χ1n) is 7.72. The van der Waals surface area contributed by atoms with Gasteiger partial charge in [0.2, 0.25) is 0 Å². The van der Waals surface area contributed by atoms with E-state index in [0.717, 1.165) is 0 Å². The Morgan fingerprint density at radius 2 is 0.909 bits per heavy atom. The van der Waals surface area contributed by atoms with Crippen molar-refractivity contribution in [2.24, 2.45) is 0 Å². The zero-order valence-corrected chi connectivity index (χ0v) is 15.6. The largest absolute Gasteiger partial charge is 0.140 e. The molecule has 0 saturated carbocycles. The Morgan fingerprint density at radius 1 is 0.545 bits per heavy atom. The van der Waals surface area contributed by atoms with Crippen molar-refractivity contribution in [3.05, 3.63) is 44.1 Å². The first-order chi connectivity index (χ1) is 10.4. The van der Waals surface area contributed by atoms with Crippen LogP contribution in [0.5, 0.6) is 0 Å². The second kappa shape index (κ2) is 4.56. The van der Waals surface area contributed by atoms with E-state index in [9.17, 15) is 0 Å². The molecule has 0 N–H and O–H groups in total. The minimum absolute atomic E-state index is 1.41. The number of fused-ring (bicyclic) bond motifs is 5. The quantitative estimate of drug-likeness (QED) is 0.323. The average Bonchev–Trinajstić information content (AvgIpc) is 3.03. The zero-order valence-electron chi connectivity index (χ0n) is 14.0. The molecule has 0 spiro atoms. The van der Waals surface area contributed by atoms with Crippen molar-refractivity contribution in [3.8, 4) is 0 Å². The third kappa shape index (κ3) is 1.68. The molecule has 2 aromatic carbocycles. The maximum atomic E-state index is 2.36. The van der Waals surface area contributed by atoms with Crippen molar-refractivity contribution in [2.75, 3.05) is 0 Å². The Kier molecular flexibility index (Phi) is 2.95. The van der Waals surface area contributed by atoms with Gasteiger partial charge < -0.3 is 0 Å². The molecule has 4 aromatic rings. The van der Waals surface area contributed by atoms with Gasteiger partial charge in [0.15, 0.2) is 0 Å². The smallest absolute Gasteiger partial charge is 0.0430 e. The standard InChI is InChI=1S/C20H20S2/c1-9-7-15-11(3)13(5)18-17(19(15)21-9)14(6)12(4)16-8-10(2)22-20(16)18/h7-8H,1-6H3. The van der Waals surface area contributed by atoms with E-state index >= 15 is 0 Å². The topological polar surface area (TPSA) is 0 Å². The molecule has 112 valence electrons. The molecule has 0 fully saturated rings. The minimum Gasteiger partial charge on any atom is -0.140 e. The van der Waals surface area contributed by atoms with Gasteiger partial charge in [-0.1, -0.05) is 0 Å². The normalized spacial score (nSPS) is 12.1. The van der Waals surface area contributed by atoms with Crippen LogP contribution < -0.4 is 0 Å². The van der Waals surface area contributed by atoms with E-state index in [4.69, 9.17) is 0 Å². The van der Waals surface area contributed by atoms with Crippen LogP contribution in [0.4, 0.5) is 0 Å². The molecule has 0 aliphatic carbocycles. The second-order valence-corrected chi connectivity index (χ2v) is 8.96. The molecule has 2 aromatic heterocycles. The highest BCUT2D eigenvalue weighted by molar-refractivity contribution is 7.21. The van der Waals surface area contributed by atoms with Gasteiger partial charge in [-0.3, -0.25) is 0 Å². The Labute approximate surface area is 139 Å². The lowest BCUT2D eigenvalue weighted by Gasteiger charge is -2.15. The molecule has 0 aliphatic rings. The summed E-state index contributed by atoms with van der Waals surface area (Å²) in [5, 5.41) is 5.87. The maximum Gasteiger partial charge on any atom is 0.0430 e. The minimum atomic E-state index is 1.41. The summed E-state index contributed by atoms with van der Waals surface area (Å²) in [5.41, 5.74) is 5.80. The molecule has 0 bridgehead atoms. The summed E-state index contributed by atoms with van der Waals surface area (Å²) in [6, 6.07) is 4.72. The van der Waals surface area contributed by atoms with Crippen LogP contribution in [0.3, 0.4) is 0 Å². The van der Waals surface area contributed by atoms with Crippen LogP contribution >= 0.6 is 22.7 Å². The number of rotatable bonds is 0. The summed E-state index contributed by atoms with van der Waals surface area (Å²) in [5.74, 6) is 0. The number of aryl methyl sites for hydroxylation is 6. The van der Waals surface area contributed by atoms with Gasteiger partial charge in [-0.25, -0.2) is 0 Å². The van der Waals surface area contributed by atoms with Crippen LogP contribution in [0, 0.1) is 41.5 Å². The molecule has 2 heteroatoms. The molecular formula is C20H20S2. The Morgan fingerprint density at radius 3 is 1.27 bits per heavy atom. The fraction of sp³-hybridized carbons (Fsp3) is 0.300. The molecule has 0 radical (unpaired) electrons. The Balaban J connectivity index is 2.45. The van der Waals surface area contributed by atoms with Crippen molar-refractivity contribution in [3.63, 3.8) is 0 Å². The lowest BCUT2D eigenvalue weighted by atomic mass is 9.91. The molecule has 0 amide bonds. The summed E-state index contributed by atoms with van der Waals surface area (Å²) in [6.45, 7) is 13.6. The summed E-state index contributed by atoms with van der Waals surface area (Å²) >= 11 is 3.89. The zero-order chi connectivity index (χ0) is 15.8. The lowest BCUT2D eigenvalue weighted by molar-refractivity contribution is 1.40. The maximum absolute atomic E-state index is 2.36. The van der Waals surface area contributed by atoms with Crippen molar-refractivity contribution in [1.29, 1.82) is 0 Å². The molecule has 2 heterocycles. The van der Waals surface area contributed by atoms with E-state index in [1.54, 1.807) is 0 Å². The second-order valence-electron chi connectivity index (χ2n) is 6.45. The van der Waals surface area contributed by atoms with E-state index in [0.29, 0.717) is 0 Å².